The molecule has 2 amide bonds. The molecule has 0 saturated heterocycles. The molecule has 1 unspecified atom stereocenters. The SMILES string of the molecule is N#Cc1cccc(-n2nc(C(N)=O)cc2C(=O)Nc2cc(C(NCC3CC3)c3ccccc3)ccc2F)c1. The number of nitrogens with one attached hydrogen (secondary N) is 2. The first-order valence-corrected chi connectivity index (χ1v) is 12.2. The maximum atomic E-state index is 14.9. The fourth-order valence-electron chi connectivity index (χ4n) is 4.25. The standard InChI is InChI=1S/C29H25FN6O2/c30-23-12-11-21(27(33-17-18-9-10-18)20-6-2-1-3-7-20)14-24(23)34-29(38)26-15-25(28(32)37)35-36(26)22-8-4-5-19(13-22)16-31/h1-8,11-15,18,27,33H,9-10,17H2,(H2,32,37)(H,34,38). The molecule has 1 atom stereocenters. The summed E-state index contributed by atoms with van der Waals surface area (Å²) in [5.74, 6) is -1.48. The summed E-state index contributed by atoms with van der Waals surface area (Å²) in [5.41, 5.74) is 7.76. The Morgan fingerprint density at radius 3 is 2.55 bits per heavy atom. The normalized spacial score (nSPS) is 13.5. The maximum Gasteiger partial charge on any atom is 0.274 e. The summed E-state index contributed by atoms with van der Waals surface area (Å²) in [4.78, 5) is 25.2. The monoisotopic (exact) mass is 508 g/mol. The zero-order chi connectivity index (χ0) is 26.6. The smallest absolute Gasteiger partial charge is 0.274 e. The highest BCUT2D eigenvalue weighted by atomic mass is 19.1. The molecule has 0 bridgehead atoms. The highest BCUT2D eigenvalue weighted by Crippen LogP contribution is 2.31. The van der Waals surface area contributed by atoms with Gasteiger partial charge in [0, 0.05) is 6.07 Å². The molecule has 1 aliphatic rings. The van der Waals surface area contributed by atoms with Crippen LogP contribution in [0.25, 0.3) is 5.69 Å². The third-order valence-corrected chi connectivity index (χ3v) is 6.43. The van der Waals surface area contributed by atoms with Gasteiger partial charge in [-0.3, -0.25) is 9.59 Å². The van der Waals surface area contributed by atoms with Crippen LogP contribution in [0.15, 0.2) is 78.9 Å². The average Bonchev–Trinajstić information content (AvgIpc) is 3.65. The molecule has 8 nitrogen and oxygen atoms in total. The summed E-state index contributed by atoms with van der Waals surface area (Å²) < 4.78 is 16.1. The van der Waals surface area contributed by atoms with Crippen LogP contribution in [0.4, 0.5) is 10.1 Å². The van der Waals surface area contributed by atoms with Crippen molar-refractivity contribution >= 4 is 17.5 Å². The first kappa shape index (κ1) is 24.9. The molecular weight excluding hydrogens is 483 g/mol. The van der Waals surface area contributed by atoms with E-state index in [0.717, 1.165) is 17.7 Å². The number of nitriles is 1. The van der Waals surface area contributed by atoms with E-state index in [1.165, 1.54) is 35.7 Å². The molecule has 4 aromatic rings. The number of nitrogens with zero attached hydrogens (tertiary/aromatic N) is 3. The van der Waals surface area contributed by atoms with Crippen molar-refractivity contribution in [1.82, 2.24) is 15.1 Å². The van der Waals surface area contributed by atoms with Crippen LogP contribution in [0.2, 0.25) is 0 Å². The molecule has 0 aliphatic heterocycles. The molecule has 1 aliphatic carbocycles. The molecule has 9 heteroatoms. The summed E-state index contributed by atoms with van der Waals surface area (Å²) in [6.07, 6.45) is 2.38. The van der Waals surface area contributed by atoms with Crippen LogP contribution in [0.3, 0.4) is 0 Å². The van der Waals surface area contributed by atoms with E-state index in [1.807, 2.05) is 36.4 Å². The molecule has 1 heterocycles. The molecule has 0 spiro atoms. The number of amides is 2. The summed E-state index contributed by atoms with van der Waals surface area (Å²) in [6, 6.07) is 23.9. The minimum absolute atomic E-state index is 0.0131. The fourth-order valence-corrected chi connectivity index (χ4v) is 4.25. The zero-order valence-electron chi connectivity index (χ0n) is 20.4. The van der Waals surface area contributed by atoms with E-state index in [0.29, 0.717) is 17.2 Å². The Labute approximate surface area is 218 Å². The molecular formula is C29H25FN6O2. The minimum atomic E-state index is -0.824. The van der Waals surface area contributed by atoms with E-state index in [2.05, 4.69) is 15.7 Å². The number of anilines is 1. The number of carbonyl (C=O) groups is 2. The van der Waals surface area contributed by atoms with Crippen LogP contribution >= 0.6 is 0 Å². The fraction of sp³-hybridized carbons (Fsp3) is 0.172. The van der Waals surface area contributed by atoms with E-state index in [4.69, 9.17) is 5.73 Å². The third kappa shape index (κ3) is 5.45. The van der Waals surface area contributed by atoms with Crippen LogP contribution in [0.1, 0.15) is 56.6 Å². The van der Waals surface area contributed by atoms with Gasteiger partial charge in [0.05, 0.1) is 29.0 Å². The maximum absolute atomic E-state index is 14.9. The number of benzene rings is 3. The molecule has 5 rings (SSSR count). The lowest BCUT2D eigenvalue weighted by atomic mass is 9.97. The number of halogens is 1. The molecule has 1 saturated carbocycles. The van der Waals surface area contributed by atoms with Crippen LogP contribution in [-0.2, 0) is 0 Å². The van der Waals surface area contributed by atoms with Gasteiger partial charge in [0.2, 0.25) is 0 Å². The number of hydrogen-bond acceptors (Lipinski definition) is 5. The first-order valence-electron chi connectivity index (χ1n) is 12.2. The van der Waals surface area contributed by atoms with Gasteiger partial charge >= 0.3 is 0 Å². The van der Waals surface area contributed by atoms with E-state index in [1.54, 1.807) is 30.3 Å². The van der Waals surface area contributed by atoms with Crippen LogP contribution in [0, 0.1) is 23.1 Å². The predicted octanol–water partition coefficient (Wildman–Crippen LogP) is 4.32. The molecule has 4 N–H and O–H groups in total. The van der Waals surface area contributed by atoms with Crippen molar-refractivity contribution in [1.29, 1.82) is 5.26 Å². The topological polar surface area (TPSA) is 126 Å². The Morgan fingerprint density at radius 2 is 1.84 bits per heavy atom. The number of primary amides is 1. The molecule has 3 aromatic carbocycles. The number of aromatic nitrogens is 2. The van der Waals surface area contributed by atoms with Gasteiger partial charge in [-0.25, -0.2) is 9.07 Å². The Balaban J connectivity index is 1.47. The van der Waals surface area contributed by atoms with Gasteiger partial charge < -0.3 is 16.4 Å². The lowest BCUT2D eigenvalue weighted by molar-refractivity contribution is 0.0993. The number of nitrogens with two attached hydrogens (primary N) is 1. The zero-order valence-corrected chi connectivity index (χ0v) is 20.4. The van der Waals surface area contributed by atoms with Crippen molar-refractivity contribution < 1.29 is 14.0 Å². The van der Waals surface area contributed by atoms with Gasteiger partial charge in [-0.05, 0) is 66.8 Å². The van der Waals surface area contributed by atoms with Crippen LogP contribution < -0.4 is 16.4 Å². The summed E-state index contributed by atoms with van der Waals surface area (Å²) in [5, 5.41) is 19.6. The second-order valence-corrected chi connectivity index (χ2v) is 9.24. The quantitative estimate of drug-likeness (QED) is 0.310. The van der Waals surface area contributed by atoms with Crippen molar-refractivity contribution in [3.05, 3.63) is 113 Å². The highest BCUT2D eigenvalue weighted by Gasteiger charge is 2.25. The molecule has 1 aromatic heterocycles. The molecule has 38 heavy (non-hydrogen) atoms. The summed E-state index contributed by atoms with van der Waals surface area (Å²) >= 11 is 0. The van der Waals surface area contributed by atoms with Crippen LogP contribution in [0.5, 0.6) is 0 Å². The van der Waals surface area contributed by atoms with Crippen LogP contribution in [-0.4, -0.2) is 28.1 Å². The lowest BCUT2D eigenvalue weighted by Crippen LogP contribution is -2.25. The molecule has 190 valence electrons. The second-order valence-electron chi connectivity index (χ2n) is 9.24. The van der Waals surface area contributed by atoms with Crippen molar-refractivity contribution in [3.63, 3.8) is 0 Å². The largest absolute Gasteiger partial charge is 0.364 e. The Hall–Kier alpha value is -4.81. The van der Waals surface area contributed by atoms with Gasteiger partial charge in [-0.2, -0.15) is 10.4 Å². The Kier molecular flexibility index (Phi) is 6.98. The predicted molar refractivity (Wildman–Crippen MR) is 140 cm³/mol. The summed E-state index contributed by atoms with van der Waals surface area (Å²) in [6.45, 7) is 0.843. The lowest BCUT2D eigenvalue weighted by Gasteiger charge is -2.21. The molecule has 0 radical (unpaired) electrons. The number of hydrogen-bond donors (Lipinski definition) is 3. The van der Waals surface area contributed by atoms with E-state index in [9.17, 15) is 19.2 Å². The first-order chi connectivity index (χ1) is 18.4. The highest BCUT2D eigenvalue weighted by molar-refractivity contribution is 6.05. The third-order valence-electron chi connectivity index (χ3n) is 6.43. The van der Waals surface area contributed by atoms with Crippen molar-refractivity contribution in [3.8, 4) is 11.8 Å². The van der Waals surface area contributed by atoms with E-state index in [-0.39, 0.29) is 23.1 Å². The Bertz CT molecular complexity index is 1540. The molecule has 1 fully saturated rings. The van der Waals surface area contributed by atoms with Gasteiger partial charge in [0.15, 0.2) is 5.69 Å². The average molecular weight is 509 g/mol. The summed E-state index contributed by atoms with van der Waals surface area (Å²) in [7, 11) is 0. The van der Waals surface area contributed by atoms with E-state index < -0.39 is 17.6 Å². The Morgan fingerprint density at radius 1 is 1.05 bits per heavy atom. The van der Waals surface area contributed by atoms with Gasteiger partial charge in [-0.1, -0.05) is 42.5 Å². The van der Waals surface area contributed by atoms with Crippen molar-refractivity contribution in [2.45, 2.75) is 18.9 Å². The number of carbonyl (C=O) groups excluding carboxylic acids is 2. The van der Waals surface area contributed by atoms with Gasteiger partial charge in [-0.15, -0.1) is 0 Å². The van der Waals surface area contributed by atoms with Crippen molar-refractivity contribution in [2.24, 2.45) is 11.7 Å². The minimum Gasteiger partial charge on any atom is -0.364 e. The van der Waals surface area contributed by atoms with Gasteiger partial charge in [0.25, 0.3) is 11.8 Å². The number of rotatable bonds is 9. The van der Waals surface area contributed by atoms with Crippen molar-refractivity contribution in [2.75, 3.05) is 11.9 Å². The van der Waals surface area contributed by atoms with E-state index >= 15 is 0 Å². The second kappa shape index (κ2) is 10.7. The van der Waals surface area contributed by atoms with Gasteiger partial charge in [0.1, 0.15) is 11.5 Å².